The van der Waals surface area contributed by atoms with Crippen molar-refractivity contribution in [2.24, 2.45) is 0 Å². The van der Waals surface area contributed by atoms with Crippen molar-refractivity contribution in [3.05, 3.63) is 59.7 Å². The molecular weight excluding hydrogens is 340 g/mol. The van der Waals surface area contributed by atoms with Crippen LogP contribution < -0.4 is 4.74 Å². The lowest BCUT2D eigenvalue weighted by Crippen LogP contribution is -2.35. The van der Waals surface area contributed by atoms with Gasteiger partial charge in [0, 0.05) is 10.5 Å². The molecule has 0 N–H and O–H groups in total. The molecule has 0 radical (unpaired) electrons. The van der Waals surface area contributed by atoms with Crippen LogP contribution in [0.3, 0.4) is 0 Å². The number of benzene rings is 2. The fourth-order valence-electron chi connectivity index (χ4n) is 2.67. The van der Waals surface area contributed by atoms with E-state index in [4.69, 9.17) is 14.2 Å². The lowest BCUT2D eigenvalue weighted by Gasteiger charge is -2.36. The summed E-state index contributed by atoms with van der Waals surface area (Å²) in [5, 5.41) is 0. The molecule has 25 heavy (non-hydrogen) atoms. The maximum absolute atomic E-state index is 12.6. The van der Waals surface area contributed by atoms with Crippen LogP contribution in [-0.2, 0) is 19.2 Å². The lowest BCUT2D eigenvalue weighted by atomic mass is 10.0. The summed E-state index contributed by atoms with van der Waals surface area (Å²) >= 11 is 1.32. The zero-order valence-electron chi connectivity index (χ0n) is 14.0. The van der Waals surface area contributed by atoms with E-state index in [1.807, 2.05) is 30.3 Å². The number of carbonyl (C=O) groups is 2. The molecule has 2 aromatic rings. The third kappa shape index (κ3) is 3.49. The largest absolute Gasteiger partial charge is 0.497 e. The first-order valence-electron chi connectivity index (χ1n) is 7.89. The molecule has 1 unspecified atom stereocenters. The van der Waals surface area contributed by atoms with Crippen LogP contribution in [0, 0.1) is 0 Å². The summed E-state index contributed by atoms with van der Waals surface area (Å²) in [7, 11) is 1.57. The van der Waals surface area contributed by atoms with E-state index in [2.05, 4.69) is 0 Å². The Morgan fingerprint density at radius 1 is 1.20 bits per heavy atom. The summed E-state index contributed by atoms with van der Waals surface area (Å²) < 4.78 is 16.1. The van der Waals surface area contributed by atoms with Gasteiger partial charge in [-0.3, -0.25) is 4.79 Å². The highest BCUT2D eigenvalue weighted by molar-refractivity contribution is 8.00. The molecule has 1 aliphatic rings. The van der Waals surface area contributed by atoms with Gasteiger partial charge in [0.15, 0.2) is 4.93 Å². The van der Waals surface area contributed by atoms with Crippen LogP contribution in [0.1, 0.15) is 29.3 Å². The molecule has 1 atom stereocenters. The summed E-state index contributed by atoms with van der Waals surface area (Å²) in [6.45, 7) is 2.01. The molecule has 0 bridgehead atoms. The maximum atomic E-state index is 12.6. The molecular formula is C19H18O5S. The SMILES string of the molecule is CCOC(=O)CC1(c2ccccc2)OC(=O)c2ccc(OC)cc2S1. The summed E-state index contributed by atoms with van der Waals surface area (Å²) in [5.74, 6) is -0.249. The topological polar surface area (TPSA) is 61.8 Å². The van der Waals surface area contributed by atoms with Crippen LogP contribution in [0.15, 0.2) is 53.4 Å². The molecule has 0 saturated carbocycles. The number of carbonyl (C=O) groups excluding carboxylic acids is 2. The number of rotatable bonds is 5. The van der Waals surface area contributed by atoms with Crippen LogP contribution in [0.4, 0.5) is 0 Å². The van der Waals surface area contributed by atoms with E-state index in [1.54, 1.807) is 32.2 Å². The molecule has 2 aromatic carbocycles. The Hall–Kier alpha value is -2.47. The van der Waals surface area contributed by atoms with Crippen molar-refractivity contribution in [1.29, 1.82) is 0 Å². The Bertz CT molecular complexity index is 790. The van der Waals surface area contributed by atoms with Crippen molar-refractivity contribution >= 4 is 23.7 Å². The van der Waals surface area contributed by atoms with Crippen molar-refractivity contribution in [3.63, 3.8) is 0 Å². The Labute approximate surface area is 150 Å². The monoisotopic (exact) mass is 358 g/mol. The third-order valence-electron chi connectivity index (χ3n) is 3.84. The standard InChI is InChI=1S/C19H18O5S/c1-3-23-17(20)12-19(13-7-5-4-6-8-13)24-18(21)15-10-9-14(22-2)11-16(15)25-19/h4-11H,3,12H2,1-2H3. The molecule has 3 rings (SSSR count). The van der Waals surface area contributed by atoms with Crippen molar-refractivity contribution in [2.75, 3.05) is 13.7 Å². The van der Waals surface area contributed by atoms with E-state index in [9.17, 15) is 9.59 Å². The number of fused-ring (bicyclic) bond motifs is 1. The van der Waals surface area contributed by atoms with Crippen LogP contribution in [0.5, 0.6) is 5.75 Å². The summed E-state index contributed by atoms with van der Waals surface area (Å²) in [5.41, 5.74) is 1.19. The molecule has 1 aliphatic heterocycles. The fraction of sp³-hybridized carbons (Fsp3) is 0.263. The van der Waals surface area contributed by atoms with Gasteiger partial charge in [0.2, 0.25) is 0 Å². The Balaban J connectivity index is 2.06. The normalized spacial score (nSPS) is 18.9. The molecule has 0 amide bonds. The average molecular weight is 358 g/mol. The zero-order chi connectivity index (χ0) is 17.9. The molecule has 0 aromatic heterocycles. The van der Waals surface area contributed by atoms with Crippen LogP contribution >= 0.6 is 11.8 Å². The van der Waals surface area contributed by atoms with E-state index in [0.29, 0.717) is 16.2 Å². The predicted octanol–water partition coefficient (Wildman–Crippen LogP) is 3.76. The van der Waals surface area contributed by atoms with Crippen molar-refractivity contribution < 1.29 is 23.8 Å². The number of esters is 2. The third-order valence-corrected chi connectivity index (χ3v) is 5.19. The van der Waals surface area contributed by atoms with Gasteiger partial charge in [-0.25, -0.2) is 4.79 Å². The maximum Gasteiger partial charge on any atom is 0.341 e. The quantitative estimate of drug-likeness (QED) is 0.759. The summed E-state index contributed by atoms with van der Waals surface area (Å²) in [4.78, 5) is 24.3. The van der Waals surface area contributed by atoms with E-state index < -0.39 is 16.9 Å². The van der Waals surface area contributed by atoms with Crippen LogP contribution in [-0.4, -0.2) is 25.7 Å². The van der Waals surface area contributed by atoms with E-state index >= 15 is 0 Å². The van der Waals surface area contributed by atoms with Crippen molar-refractivity contribution in [1.82, 2.24) is 0 Å². The van der Waals surface area contributed by atoms with Gasteiger partial charge in [-0.15, -0.1) is 0 Å². The molecule has 0 saturated heterocycles. The molecule has 130 valence electrons. The second kappa shape index (κ2) is 7.19. The van der Waals surface area contributed by atoms with E-state index in [0.717, 1.165) is 5.56 Å². The van der Waals surface area contributed by atoms with Crippen molar-refractivity contribution in [3.8, 4) is 5.75 Å². The van der Waals surface area contributed by atoms with Gasteiger partial charge in [-0.1, -0.05) is 42.1 Å². The first-order chi connectivity index (χ1) is 12.1. The van der Waals surface area contributed by atoms with E-state index in [1.165, 1.54) is 11.8 Å². The summed E-state index contributed by atoms with van der Waals surface area (Å²) in [6.07, 6.45) is -0.0715. The van der Waals surface area contributed by atoms with Gasteiger partial charge >= 0.3 is 11.9 Å². The van der Waals surface area contributed by atoms with Crippen molar-refractivity contribution in [2.45, 2.75) is 23.2 Å². The van der Waals surface area contributed by atoms with Gasteiger partial charge in [0.25, 0.3) is 0 Å². The van der Waals surface area contributed by atoms with Gasteiger partial charge < -0.3 is 14.2 Å². The molecule has 6 heteroatoms. The highest BCUT2D eigenvalue weighted by Crippen LogP contribution is 2.51. The van der Waals surface area contributed by atoms with Gasteiger partial charge in [0.05, 0.1) is 25.7 Å². The minimum Gasteiger partial charge on any atom is -0.497 e. The fourth-order valence-corrected chi connectivity index (χ4v) is 4.03. The second-order valence-corrected chi connectivity index (χ2v) is 6.76. The Morgan fingerprint density at radius 2 is 1.96 bits per heavy atom. The van der Waals surface area contributed by atoms with Crippen LogP contribution in [0.25, 0.3) is 0 Å². The number of methoxy groups -OCH3 is 1. The molecule has 0 fully saturated rings. The highest BCUT2D eigenvalue weighted by Gasteiger charge is 2.45. The Kier molecular flexibility index (Phi) is 4.99. The molecule has 1 heterocycles. The first kappa shape index (κ1) is 17.4. The van der Waals surface area contributed by atoms with Crippen LogP contribution in [0.2, 0.25) is 0 Å². The van der Waals surface area contributed by atoms with E-state index in [-0.39, 0.29) is 13.0 Å². The number of cyclic esters (lactones) is 1. The summed E-state index contributed by atoms with van der Waals surface area (Å²) in [6, 6.07) is 14.4. The van der Waals surface area contributed by atoms with Gasteiger partial charge in [-0.2, -0.15) is 0 Å². The number of thioether (sulfide) groups is 1. The lowest BCUT2D eigenvalue weighted by molar-refractivity contribution is -0.146. The predicted molar refractivity (Wildman–Crippen MR) is 93.6 cm³/mol. The molecule has 0 spiro atoms. The van der Waals surface area contributed by atoms with Gasteiger partial charge in [-0.05, 0) is 25.1 Å². The minimum absolute atomic E-state index is 0.0715. The average Bonchev–Trinajstić information content (AvgIpc) is 2.62. The second-order valence-electron chi connectivity index (χ2n) is 5.45. The molecule has 5 nitrogen and oxygen atoms in total. The Morgan fingerprint density at radius 3 is 2.64 bits per heavy atom. The zero-order valence-corrected chi connectivity index (χ0v) is 14.8. The van der Waals surface area contributed by atoms with Gasteiger partial charge in [0.1, 0.15) is 5.75 Å². The highest BCUT2D eigenvalue weighted by atomic mass is 32.2. The molecule has 0 aliphatic carbocycles. The number of hydrogen-bond acceptors (Lipinski definition) is 6. The number of ether oxygens (including phenoxy) is 3. The number of hydrogen-bond donors (Lipinski definition) is 0. The minimum atomic E-state index is -1.16. The first-order valence-corrected chi connectivity index (χ1v) is 8.71. The smallest absolute Gasteiger partial charge is 0.341 e.